The van der Waals surface area contributed by atoms with E-state index in [-0.39, 0.29) is 5.56 Å². The lowest BCUT2D eigenvalue weighted by atomic mass is 10.1. The van der Waals surface area contributed by atoms with Gasteiger partial charge in [0.2, 0.25) is 0 Å². The summed E-state index contributed by atoms with van der Waals surface area (Å²) in [5.41, 5.74) is 3.53. The van der Waals surface area contributed by atoms with Crippen LogP contribution in [0, 0.1) is 0 Å². The minimum atomic E-state index is -0.107. The molecule has 0 unspecified atom stereocenters. The molecule has 0 radical (unpaired) electrons. The Hall–Kier alpha value is -3.34. The molecule has 2 aromatic carbocycles. The molecule has 0 fully saturated rings. The number of aromatic nitrogens is 3. The minimum absolute atomic E-state index is 0.107. The van der Waals surface area contributed by atoms with Gasteiger partial charge in [-0.25, -0.2) is 4.68 Å². The van der Waals surface area contributed by atoms with Crippen molar-refractivity contribution in [2.24, 2.45) is 7.05 Å². The summed E-state index contributed by atoms with van der Waals surface area (Å²) in [4.78, 5) is 13.1. The highest BCUT2D eigenvalue weighted by Gasteiger charge is 2.14. The topological polar surface area (TPSA) is 49.1 Å². The van der Waals surface area contributed by atoms with Crippen LogP contribution in [0.15, 0.2) is 60.0 Å². The van der Waals surface area contributed by atoms with Crippen LogP contribution >= 0.6 is 0 Å². The molecule has 130 valence electrons. The zero-order valence-corrected chi connectivity index (χ0v) is 14.8. The van der Waals surface area contributed by atoms with E-state index in [1.54, 1.807) is 19.4 Å². The highest BCUT2D eigenvalue weighted by molar-refractivity contribution is 6.07. The van der Waals surface area contributed by atoms with Crippen LogP contribution in [0.25, 0.3) is 27.9 Å². The third kappa shape index (κ3) is 2.49. The smallest absolute Gasteiger partial charge is 0.291 e. The summed E-state index contributed by atoms with van der Waals surface area (Å²) in [5.74, 6) is 0.762. The van der Waals surface area contributed by atoms with Gasteiger partial charge in [0.25, 0.3) is 5.56 Å². The van der Waals surface area contributed by atoms with E-state index < -0.39 is 0 Å². The lowest BCUT2D eigenvalue weighted by Crippen LogP contribution is -2.24. The molecular formula is C21H19N3O2. The zero-order chi connectivity index (χ0) is 18.3. The minimum Gasteiger partial charge on any atom is -0.497 e. The summed E-state index contributed by atoms with van der Waals surface area (Å²) in [6, 6.07) is 13.7. The second-order valence-corrected chi connectivity index (χ2v) is 6.26. The summed E-state index contributed by atoms with van der Waals surface area (Å²) in [6.45, 7) is 4.21. The number of fused-ring (bicyclic) bond motifs is 3. The number of nitrogens with zero attached hydrogens (tertiary/aromatic N) is 3. The van der Waals surface area contributed by atoms with Crippen molar-refractivity contribution < 1.29 is 4.74 Å². The van der Waals surface area contributed by atoms with E-state index in [1.165, 1.54) is 4.68 Å². The lowest BCUT2D eigenvalue weighted by Gasteiger charge is -2.07. The Balaban J connectivity index is 1.89. The molecule has 0 aliphatic rings. The highest BCUT2D eigenvalue weighted by Crippen LogP contribution is 2.26. The van der Waals surface area contributed by atoms with Crippen molar-refractivity contribution in [2.45, 2.75) is 6.54 Å². The maximum absolute atomic E-state index is 13.1. The molecule has 0 bridgehead atoms. The fourth-order valence-electron chi connectivity index (χ4n) is 3.36. The summed E-state index contributed by atoms with van der Waals surface area (Å²) in [7, 11) is 3.54. The average molecular weight is 345 g/mol. The van der Waals surface area contributed by atoms with Gasteiger partial charge < -0.3 is 9.30 Å². The van der Waals surface area contributed by atoms with Gasteiger partial charge in [-0.3, -0.25) is 4.79 Å². The molecule has 26 heavy (non-hydrogen) atoms. The second-order valence-electron chi connectivity index (χ2n) is 6.26. The van der Waals surface area contributed by atoms with E-state index in [9.17, 15) is 4.79 Å². The Morgan fingerprint density at radius 2 is 2.04 bits per heavy atom. The SMILES string of the molecule is C=Cc1ccc2c3cnn(Cc4cccc(OC)c4)c(=O)c3n(C)c2c1. The number of hydrogen-bond donors (Lipinski definition) is 0. The Kier molecular flexibility index (Phi) is 3.84. The molecule has 0 aliphatic heterocycles. The molecule has 0 aliphatic carbocycles. The largest absolute Gasteiger partial charge is 0.497 e. The van der Waals surface area contributed by atoms with Crippen molar-refractivity contribution in [2.75, 3.05) is 7.11 Å². The molecule has 2 aromatic heterocycles. The molecular weight excluding hydrogens is 326 g/mol. The van der Waals surface area contributed by atoms with Crippen LogP contribution in [-0.4, -0.2) is 21.5 Å². The molecule has 4 rings (SSSR count). The van der Waals surface area contributed by atoms with E-state index >= 15 is 0 Å². The Morgan fingerprint density at radius 1 is 1.19 bits per heavy atom. The molecule has 0 atom stereocenters. The van der Waals surface area contributed by atoms with Crippen LogP contribution in [0.1, 0.15) is 11.1 Å². The van der Waals surface area contributed by atoms with Crippen molar-refractivity contribution in [3.05, 3.63) is 76.7 Å². The van der Waals surface area contributed by atoms with Crippen LogP contribution < -0.4 is 10.3 Å². The third-order valence-electron chi connectivity index (χ3n) is 4.73. The van der Waals surface area contributed by atoms with Crippen LogP contribution in [0.5, 0.6) is 5.75 Å². The molecule has 2 heterocycles. The standard InChI is InChI=1S/C21H19N3O2/c1-4-14-8-9-17-18-12-22-24(13-15-6-5-7-16(10-15)26-3)21(25)20(18)23(2)19(17)11-14/h4-12H,1,13H2,2-3H3. The molecule has 0 spiro atoms. The van der Waals surface area contributed by atoms with Crippen LogP contribution in [0.2, 0.25) is 0 Å². The van der Waals surface area contributed by atoms with Gasteiger partial charge in [0, 0.05) is 23.3 Å². The van der Waals surface area contributed by atoms with Gasteiger partial charge in [0.05, 0.1) is 19.9 Å². The number of aryl methyl sites for hydroxylation is 1. The summed E-state index contributed by atoms with van der Waals surface area (Å²) < 4.78 is 8.68. The third-order valence-corrected chi connectivity index (χ3v) is 4.73. The first-order valence-electron chi connectivity index (χ1n) is 8.36. The summed E-state index contributed by atoms with van der Waals surface area (Å²) in [5, 5.41) is 6.28. The first-order chi connectivity index (χ1) is 12.6. The summed E-state index contributed by atoms with van der Waals surface area (Å²) >= 11 is 0. The van der Waals surface area contributed by atoms with Gasteiger partial charge in [-0.1, -0.05) is 36.9 Å². The second kappa shape index (κ2) is 6.19. The highest BCUT2D eigenvalue weighted by atomic mass is 16.5. The Morgan fingerprint density at radius 3 is 2.81 bits per heavy atom. The first kappa shape index (κ1) is 16.1. The van der Waals surface area contributed by atoms with Crippen molar-refractivity contribution in [3.63, 3.8) is 0 Å². The number of rotatable bonds is 4. The molecule has 4 aromatic rings. The van der Waals surface area contributed by atoms with E-state index in [1.807, 2.05) is 54.1 Å². The average Bonchev–Trinajstić information content (AvgIpc) is 2.96. The molecule has 5 nitrogen and oxygen atoms in total. The number of hydrogen-bond acceptors (Lipinski definition) is 3. The van der Waals surface area contributed by atoms with Gasteiger partial charge in [-0.05, 0) is 29.3 Å². The maximum Gasteiger partial charge on any atom is 0.291 e. The molecule has 0 amide bonds. The molecule has 0 saturated heterocycles. The van der Waals surface area contributed by atoms with Crippen LogP contribution in [0.4, 0.5) is 0 Å². The predicted octanol–water partition coefficient (Wildman–Crippen LogP) is 3.59. The van der Waals surface area contributed by atoms with Crippen LogP contribution in [0.3, 0.4) is 0 Å². The van der Waals surface area contributed by atoms with Crippen molar-refractivity contribution in [1.29, 1.82) is 0 Å². The molecule has 0 saturated carbocycles. The lowest BCUT2D eigenvalue weighted by molar-refractivity contribution is 0.414. The number of benzene rings is 2. The maximum atomic E-state index is 13.1. The fourth-order valence-corrected chi connectivity index (χ4v) is 3.36. The van der Waals surface area contributed by atoms with Gasteiger partial charge in [-0.2, -0.15) is 5.10 Å². The fraction of sp³-hybridized carbons (Fsp3) is 0.143. The van der Waals surface area contributed by atoms with Gasteiger partial charge >= 0.3 is 0 Å². The summed E-state index contributed by atoms with van der Waals surface area (Å²) in [6.07, 6.45) is 3.57. The Labute approximate surface area is 150 Å². The Bertz CT molecular complexity index is 1200. The van der Waals surface area contributed by atoms with E-state index in [0.29, 0.717) is 12.1 Å². The van der Waals surface area contributed by atoms with Crippen molar-refractivity contribution in [3.8, 4) is 5.75 Å². The van der Waals surface area contributed by atoms with Crippen molar-refractivity contribution >= 4 is 27.9 Å². The quantitative estimate of drug-likeness (QED) is 0.568. The van der Waals surface area contributed by atoms with E-state index in [0.717, 1.165) is 33.2 Å². The van der Waals surface area contributed by atoms with Gasteiger partial charge in [0.1, 0.15) is 11.3 Å². The normalized spacial score (nSPS) is 11.2. The van der Waals surface area contributed by atoms with Crippen molar-refractivity contribution in [1.82, 2.24) is 14.3 Å². The van der Waals surface area contributed by atoms with Gasteiger partial charge in [-0.15, -0.1) is 0 Å². The zero-order valence-electron chi connectivity index (χ0n) is 14.8. The monoisotopic (exact) mass is 345 g/mol. The van der Waals surface area contributed by atoms with E-state index in [4.69, 9.17) is 4.74 Å². The van der Waals surface area contributed by atoms with E-state index in [2.05, 4.69) is 11.7 Å². The molecule has 0 N–H and O–H groups in total. The predicted molar refractivity (Wildman–Crippen MR) is 105 cm³/mol. The first-order valence-corrected chi connectivity index (χ1v) is 8.36. The number of ether oxygens (including phenoxy) is 1. The van der Waals surface area contributed by atoms with Gasteiger partial charge in [0.15, 0.2) is 0 Å². The molecule has 5 heteroatoms. The van der Waals surface area contributed by atoms with Crippen LogP contribution in [-0.2, 0) is 13.6 Å². The number of methoxy groups -OCH3 is 1.